The third-order valence-electron chi connectivity index (χ3n) is 3.26. The van der Waals surface area contributed by atoms with Crippen molar-refractivity contribution in [2.75, 3.05) is 6.61 Å². The van der Waals surface area contributed by atoms with Crippen LogP contribution in [-0.2, 0) is 5.75 Å². The first-order chi connectivity index (χ1) is 11.8. The fraction of sp³-hybridized carbons (Fsp3) is 0.176. The average Bonchev–Trinajstić information content (AvgIpc) is 3.09. The van der Waals surface area contributed by atoms with E-state index in [9.17, 15) is 0 Å². The predicted molar refractivity (Wildman–Crippen MR) is 91.0 cm³/mol. The normalized spacial score (nSPS) is 10.3. The van der Waals surface area contributed by atoms with Crippen LogP contribution in [0.2, 0.25) is 0 Å². The summed E-state index contributed by atoms with van der Waals surface area (Å²) in [5, 5.41) is 21.6. The average molecular weight is 337 g/mol. The highest BCUT2D eigenvalue weighted by atomic mass is 32.2. The van der Waals surface area contributed by atoms with E-state index in [2.05, 4.69) is 21.6 Å². The van der Waals surface area contributed by atoms with Gasteiger partial charge in [-0.25, -0.2) is 0 Å². The van der Waals surface area contributed by atoms with E-state index in [0.717, 1.165) is 17.0 Å². The van der Waals surface area contributed by atoms with Crippen molar-refractivity contribution >= 4 is 11.8 Å². The number of nitrogens with zero attached hydrogens (tertiary/aromatic N) is 5. The molecular formula is C17H15N5OS. The first kappa shape index (κ1) is 16.0. The van der Waals surface area contributed by atoms with E-state index < -0.39 is 0 Å². The van der Waals surface area contributed by atoms with Crippen molar-refractivity contribution in [3.8, 4) is 17.5 Å². The van der Waals surface area contributed by atoms with Gasteiger partial charge in [-0.15, -0.1) is 5.10 Å². The minimum Gasteiger partial charge on any atom is -0.492 e. The molecule has 2 aromatic carbocycles. The molecule has 0 bridgehead atoms. The Bertz CT molecular complexity index is 871. The van der Waals surface area contributed by atoms with Crippen molar-refractivity contribution in [3.05, 3.63) is 59.7 Å². The van der Waals surface area contributed by atoms with Crippen molar-refractivity contribution in [2.24, 2.45) is 0 Å². The van der Waals surface area contributed by atoms with E-state index in [1.165, 1.54) is 11.8 Å². The molecule has 120 valence electrons. The molecule has 0 aliphatic rings. The lowest BCUT2D eigenvalue weighted by molar-refractivity contribution is 0.337. The van der Waals surface area contributed by atoms with Gasteiger partial charge in [0.1, 0.15) is 11.4 Å². The van der Waals surface area contributed by atoms with E-state index in [0.29, 0.717) is 23.1 Å². The highest BCUT2D eigenvalue weighted by Crippen LogP contribution is 2.27. The van der Waals surface area contributed by atoms with Gasteiger partial charge >= 0.3 is 0 Å². The summed E-state index contributed by atoms with van der Waals surface area (Å²) in [6, 6.07) is 17.3. The Balaban J connectivity index is 1.82. The van der Waals surface area contributed by atoms with Gasteiger partial charge in [-0.3, -0.25) is 0 Å². The maximum atomic E-state index is 8.98. The number of para-hydroxylation sites is 2. The van der Waals surface area contributed by atoms with Gasteiger partial charge in [-0.1, -0.05) is 36.0 Å². The zero-order chi connectivity index (χ0) is 16.8. The number of hydrogen-bond acceptors (Lipinski definition) is 6. The molecule has 0 atom stereocenters. The van der Waals surface area contributed by atoms with Crippen LogP contribution in [0, 0.1) is 11.3 Å². The largest absolute Gasteiger partial charge is 0.492 e. The van der Waals surface area contributed by atoms with Crippen molar-refractivity contribution < 1.29 is 4.74 Å². The summed E-state index contributed by atoms with van der Waals surface area (Å²) in [6.45, 7) is 2.51. The Morgan fingerprint density at radius 3 is 2.92 bits per heavy atom. The zero-order valence-electron chi connectivity index (χ0n) is 13.1. The molecule has 1 aromatic heterocycles. The number of nitriles is 1. The van der Waals surface area contributed by atoms with Gasteiger partial charge in [-0.05, 0) is 47.2 Å². The van der Waals surface area contributed by atoms with E-state index in [1.807, 2.05) is 49.4 Å². The molecule has 7 heteroatoms. The Morgan fingerprint density at radius 1 is 1.21 bits per heavy atom. The molecule has 0 aliphatic carbocycles. The number of ether oxygens (including phenoxy) is 1. The second-order valence-corrected chi connectivity index (χ2v) is 5.82. The third kappa shape index (κ3) is 3.55. The van der Waals surface area contributed by atoms with E-state index in [-0.39, 0.29) is 0 Å². The van der Waals surface area contributed by atoms with Crippen LogP contribution in [0.5, 0.6) is 5.75 Å². The summed E-state index contributed by atoms with van der Waals surface area (Å²) < 4.78 is 7.32. The Hall–Kier alpha value is -2.85. The maximum Gasteiger partial charge on any atom is 0.214 e. The summed E-state index contributed by atoms with van der Waals surface area (Å²) in [6.07, 6.45) is 0. The molecule has 3 rings (SSSR count). The van der Waals surface area contributed by atoms with E-state index >= 15 is 0 Å². The van der Waals surface area contributed by atoms with Gasteiger partial charge in [0.05, 0.1) is 18.2 Å². The van der Waals surface area contributed by atoms with E-state index in [4.69, 9.17) is 10.00 Å². The molecule has 0 fully saturated rings. The number of rotatable bonds is 6. The van der Waals surface area contributed by atoms with Gasteiger partial charge in [0, 0.05) is 5.75 Å². The molecule has 3 aromatic rings. The Kier molecular flexibility index (Phi) is 5.08. The van der Waals surface area contributed by atoms with Gasteiger partial charge in [0.15, 0.2) is 0 Å². The van der Waals surface area contributed by atoms with Gasteiger partial charge in [0.25, 0.3) is 0 Å². The van der Waals surface area contributed by atoms with Crippen LogP contribution in [0.3, 0.4) is 0 Å². The minimum absolute atomic E-state index is 0.572. The molecule has 0 saturated heterocycles. The molecule has 0 amide bonds. The topological polar surface area (TPSA) is 76.6 Å². The van der Waals surface area contributed by atoms with Crippen molar-refractivity contribution in [3.63, 3.8) is 0 Å². The number of tetrazole rings is 1. The van der Waals surface area contributed by atoms with Gasteiger partial charge in [0.2, 0.25) is 5.16 Å². The lowest BCUT2D eigenvalue weighted by Gasteiger charge is -2.10. The number of benzene rings is 2. The molecule has 1 heterocycles. The van der Waals surface area contributed by atoms with Crippen LogP contribution in [0.4, 0.5) is 0 Å². The highest BCUT2D eigenvalue weighted by Gasteiger charge is 2.13. The van der Waals surface area contributed by atoms with Crippen molar-refractivity contribution in [2.45, 2.75) is 17.8 Å². The van der Waals surface area contributed by atoms with Gasteiger partial charge in [-0.2, -0.15) is 9.94 Å². The molecule has 24 heavy (non-hydrogen) atoms. The fourth-order valence-electron chi connectivity index (χ4n) is 2.21. The second-order valence-electron chi connectivity index (χ2n) is 4.87. The first-order valence-electron chi connectivity index (χ1n) is 7.44. The molecule has 0 spiro atoms. The SMILES string of the molecule is CCOc1ccccc1-n1nnnc1SCc1cccc(C#N)c1. The molecule has 0 saturated carbocycles. The summed E-state index contributed by atoms with van der Waals surface area (Å²) in [7, 11) is 0. The van der Waals surface area contributed by atoms with Crippen LogP contribution in [0.15, 0.2) is 53.7 Å². The smallest absolute Gasteiger partial charge is 0.214 e. The minimum atomic E-state index is 0.572. The monoisotopic (exact) mass is 337 g/mol. The predicted octanol–water partition coefficient (Wildman–Crippen LogP) is 3.22. The molecule has 0 radical (unpaired) electrons. The van der Waals surface area contributed by atoms with Crippen LogP contribution < -0.4 is 4.74 Å². The highest BCUT2D eigenvalue weighted by molar-refractivity contribution is 7.98. The van der Waals surface area contributed by atoms with Crippen LogP contribution >= 0.6 is 11.8 Å². The molecule has 0 unspecified atom stereocenters. The van der Waals surface area contributed by atoms with Crippen LogP contribution in [0.25, 0.3) is 5.69 Å². The number of hydrogen-bond donors (Lipinski definition) is 0. The Morgan fingerprint density at radius 2 is 2.08 bits per heavy atom. The first-order valence-corrected chi connectivity index (χ1v) is 8.43. The maximum absolute atomic E-state index is 8.98. The molecule has 0 N–H and O–H groups in total. The van der Waals surface area contributed by atoms with E-state index in [1.54, 1.807) is 10.7 Å². The second kappa shape index (κ2) is 7.62. The van der Waals surface area contributed by atoms with Gasteiger partial charge < -0.3 is 4.74 Å². The third-order valence-corrected chi connectivity index (χ3v) is 4.25. The van der Waals surface area contributed by atoms with Crippen molar-refractivity contribution in [1.29, 1.82) is 5.26 Å². The Labute approximate surface area is 144 Å². The standard InChI is InChI=1S/C17H15N5OS/c1-2-23-16-9-4-3-8-15(16)22-17(19-20-21-22)24-12-14-7-5-6-13(10-14)11-18/h3-10H,2,12H2,1H3. The lowest BCUT2D eigenvalue weighted by Crippen LogP contribution is -2.03. The summed E-state index contributed by atoms with van der Waals surface area (Å²) >= 11 is 1.51. The summed E-state index contributed by atoms with van der Waals surface area (Å²) in [5.41, 5.74) is 2.50. The molecule has 0 aliphatic heterocycles. The van der Waals surface area contributed by atoms with Crippen molar-refractivity contribution in [1.82, 2.24) is 20.2 Å². The lowest BCUT2D eigenvalue weighted by atomic mass is 10.2. The number of thioether (sulfide) groups is 1. The van der Waals surface area contributed by atoms with Crippen LogP contribution in [-0.4, -0.2) is 26.8 Å². The summed E-state index contributed by atoms with van der Waals surface area (Å²) in [4.78, 5) is 0. The number of aromatic nitrogens is 4. The quantitative estimate of drug-likeness (QED) is 0.643. The van der Waals surface area contributed by atoms with Crippen LogP contribution in [0.1, 0.15) is 18.1 Å². The fourth-order valence-corrected chi connectivity index (χ4v) is 3.04. The summed E-state index contributed by atoms with van der Waals surface area (Å²) in [5.74, 6) is 1.41. The molecule has 6 nitrogen and oxygen atoms in total. The molecular weight excluding hydrogens is 322 g/mol. The zero-order valence-corrected chi connectivity index (χ0v) is 13.9.